The summed E-state index contributed by atoms with van der Waals surface area (Å²) in [6.45, 7) is 2.54. The lowest BCUT2D eigenvalue weighted by Gasteiger charge is -2.25. The Morgan fingerprint density at radius 1 is 1.43 bits per heavy atom. The molecule has 1 aromatic rings. The van der Waals surface area contributed by atoms with E-state index in [4.69, 9.17) is 10.5 Å². The fraction of sp³-hybridized carbons (Fsp3) is 0.462. The van der Waals surface area contributed by atoms with Gasteiger partial charge in [-0.1, -0.05) is 6.92 Å². The first kappa shape index (κ1) is 15.3. The number of ether oxygens (including phenoxy) is 1. The van der Waals surface area contributed by atoms with Gasteiger partial charge in [0.05, 0.1) is 19.2 Å². The molecule has 21 heavy (non-hydrogen) atoms. The van der Waals surface area contributed by atoms with Gasteiger partial charge in [0.15, 0.2) is 0 Å². The van der Waals surface area contributed by atoms with E-state index in [1.165, 1.54) is 18.4 Å². The summed E-state index contributed by atoms with van der Waals surface area (Å²) in [6.07, 6.45) is 0.421. The molecular weight excluding hydrogens is 294 g/mol. The number of hydrogen-bond acceptors (Lipinski definition) is 5. The molecule has 2 heterocycles. The maximum Gasteiger partial charge on any atom is 0.409 e. The highest BCUT2D eigenvalue weighted by Crippen LogP contribution is 2.37. The third kappa shape index (κ3) is 2.99. The van der Waals surface area contributed by atoms with Gasteiger partial charge in [-0.2, -0.15) is 0 Å². The Morgan fingerprint density at radius 2 is 2.14 bits per heavy atom. The second kappa shape index (κ2) is 6.13. The van der Waals surface area contributed by atoms with E-state index in [-0.39, 0.29) is 5.91 Å². The number of fused-ring (bicyclic) bond motifs is 1. The van der Waals surface area contributed by atoms with Crippen molar-refractivity contribution in [1.29, 1.82) is 0 Å². The van der Waals surface area contributed by atoms with Crippen LogP contribution >= 0.6 is 11.3 Å². The van der Waals surface area contributed by atoms with Gasteiger partial charge >= 0.3 is 6.09 Å². The van der Waals surface area contributed by atoms with Crippen molar-refractivity contribution in [2.45, 2.75) is 26.3 Å². The number of nitrogens with two attached hydrogens (primary N) is 1. The summed E-state index contributed by atoms with van der Waals surface area (Å²) in [5.41, 5.74) is 6.61. The van der Waals surface area contributed by atoms with Crippen LogP contribution in [0.15, 0.2) is 0 Å². The van der Waals surface area contributed by atoms with Crippen LogP contribution in [0.2, 0.25) is 0 Å². The third-order valence-corrected chi connectivity index (χ3v) is 4.44. The standard InChI is InChI=1S/C13H17N3O4S/c1-3-9(17)15-12-10(11(14)18)7-4-5-16(13(19)20-2)6-8(7)21-12/h3-6H2,1-2H3,(H2,14,18)(H,15,17). The van der Waals surface area contributed by atoms with E-state index in [9.17, 15) is 14.4 Å². The van der Waals surface area contributed by atoms with Crippen molar-refractivity contribution < 1.29 is 19.1 Å². The van der Waals surface area contributed by atoms with Crippen molar-refractivity contribution in [3.63, 3.8) is 0 Å². The van der Waals surface area contributed by atoms with Gasteiger partial charge in [-0.3, -0.25) is 9.59 Å². The van der Waals surface area contributed by atoms with Gasteiger partial charge in [0.25, 0.3) is 5.91 Å². The van der Waals surface area contributed by atoms with Crippen LogP contribution in [0, 0.1) is 0 Å². The Morgan fingerprint density at radius 3 is 2.71 bits per heavy atom. The monoisotopic (exact) mass is 311 g/mol. The quantitative estimate of drug-likeness (QED) is 0.879. The van der Waals surface area contributed by atoms with E-state index in [1.807, 2.05) is 0 Å². The molecule has 0 fully saturated rings. The predicted molar refractivity (Wildman–Crippen MR) is 78.3 cm³/mol. The molecule has 0 atom stereocenters. The zero-order valence-corrected chi connectivity index (χ0v) is 12.7. The van der Waals surface area contributed by atoms with Crippen LogP contribution in [0.4, 0.5) is 9.80 Å². The Balaban J connectivity index is 2.34. The average Bonchev–Trinajstić information content (AvgIpc) is 2.82. The Hall–Kier alpha value is -2.09. The molecule has 114 valence electrons. The highest BCUT2D eigenvalue weighted by Gasteiger charge is 2.29. The molecule has 0 unspecified atom stereocenters. The fourth-order valence-corrected chi connectivity index (χ4v) is 3.54. The molecule has 1 aliphatic rings. The summed E-state index contributed by atoms with van der Waals surface area (Å²) in [4.78, 5) is 37.2. The van der Waals surface area contributed by atoms with Gasteiger partial charge in [0.1, 0.15) is 5.00 Å². The van der Waals surface area contributed by atoms with E-state index in [0.717, 1.165) is 10.4 Å². The van der Waals surface area contributed by atoms with E-state index < -0.39 is 12.0 Å². The van der Waals surface area contributed by atoms with Crippen molar-refractivity contribution in [3.05, 3.63) is 16.0 Å². The zero-order valence-electron chi connectivity index (χ0n) is 11.9. The van der Waals surface area contributed by atoms with Gasteiger partial charge < -0.3 is 20.7 Å². The molecule has 3 amide bonds. The van der Waals surface area contributed by atoms with E-state index in [0.29, 0.717) is 36.5 Å². The molecule has 0 spiro atoms. The smallest absolute Gasteiger partial charge is 0.409 e. The number of amides is 3. The molecule has 2 rings (SSSR count). The Bertz CT molecular complexity index is 596. The zero-order chi connectivity index (χ0) is 15.6. The minimum absolute atomic E-state index is 0.180. The van der Waals surface area contributed by atoms with Gasteiger partial charge in [0, 0.05) is 17.8 Å². The van der Waals surface area contributed by atoms with E-state index in [2.05, 4.69) is 5.32 Å². The summed E-state index contributed by atoms with van der Waals surface area (Å²) >= 11 is 1.28. The van der Waals surface area contributed by atoms with Gasteiger partial charge in [0.2, 0.25) is 5.91 Å². The molecule has 3 N–H and O–H groups in total. The number of methoxy groups -OCH3 is 1. The SMILES string of the molecule is CCC(=O)Nc1sc2c(c1C(N)=O)CCN(C(=O)OC)C2. The second-order valence-corrected chi connectivity index (χ2v) is 5.72. The highest BCUT2D eigenvalue weighted by molar-refractivity contribution is 7.17. The molecule has 0 bridgehead atoms. The van der Waals surface area contributed by atoms with E-state index >= 15 is 0 Å². The number of primary amides is 1. The second-order valence-electron chi connectivity index (χ2n) is 4.62. The van der Waals surface area contributed by atoms with E-state index in [1.54, 1.807) is 11.8 Å². The minimum atomic E-state index is -0.564. The molecule has 1 aliphatic heterocycles. The van der Waals surface area contributed by atoms with Crippen LogP contribution in [0.1, 0.15) is 34.1 Å². The third-order valence-electron chi connectivity index (χ3n) is 3.31. The van der Waals surface area contributed by atoms with Crippen molar-refractivity contribution >= 4 is 34.2 Å². The molecule has 0 saturated heterocycles. The number of rotatable bonds is 3. The first-order chi connectivity index (χ1) is 9.97. The van der Waals surface area contributed by atoms with Crippen LogP contribution in [0.3, 0.4) is 0 Å². The molecule has 0 aliphatic carbocycles. The number of hydrogen-bond donors (Lipinski definition) is 2. The molecule has 7 nitrogen and oxygen atoms in total. The van der Waals surface area contributed by atoms with Crippen molar-refractivity contribution in [1.82, 2.24) is 4.90 Å². The molecular formula is C13H17N3O4S. The molecule has 0 aromatic carbocycles. The van der Waals surface area contributed by atoms with Crippen LogP contribution in [0.25, 0.3) is 0 Å². The summed E-state index contributed by atoms with van der Waals surface area (Å²) in [7, 11) is 1.33. The molecule has 0 saturated carbocycles. The van der Waals surface area contributed by atoms with Gasteiger partial charge in [-0.15, -0.1) is 11.3 Å². The minimum Gasteiger partial charge on any atom is -0.453 e. The van der Waals surface area contributed by atoms with Crippen molar-refractivity contribution in [2.24, 2.45) is 5.73 Å². The molecule has 1 aromatic heterocycles. The number of anilines is 1. The summed E-state index contributed by atoms with van der Waals surface area (Å²) in [5, 5.41) is 3.16. The molecule has 0 radical (unpaired) electrons. The largest absolute Gasteiger partial charge is 0.453 e. The van der Waals surface area contributed by atoms with Gasteiger partial charge in [-0.25, -0.2) is 4.79 Å². The number of nitrogens with one attached hydrogen (secondary N) is 1. The lowest BCUT2D eigenvalue weighted by Crippen LogP contribution is -2.35. The number of nitrogens with zero attached hydrogens (tertiary/aromatic N) is 1. The number of carbonyl (C=O) groups excluding carboxylic acids is 3. The Kier molecular flexibility index (Phi) is 4.46. The topological polar surface area (TPSA) is 102 Å². The predicted octanol–water partition coefficient (Wildman–Crippen LogP) is 1.32. The van der Waals surface area contributed by atoms with Crippen molar-refractivity contribution in [3.8, 4) is 0 Å². The van der Waals surface area contributed by atoms with Crippen LogP contribution < -0.4 is 11.1 Å². The maximum absolute atomic E-state index is 11.7. The van der Waals surface area contributed by atoms with Crippen LogP contribution in [-0.4, -0.2) is 36.5 Å². The highest BCUT2D eigenvalue weighted by atomic mass is 32.1. The lowest BCUT2D eigenvalue weighted by atomic mass is 10.0. The average molecular weight is 311 g/mol. The first-order valence-corrected chi connectivity index (χ1v) is 7.36. The van der Waals surface area contributed by atoms with Gasteiger partial charge in [-0.05, 0) is 12.0 Å². The van der Waals surface area contributed by atoms with Crippen LogP contribution in [-0.2, 0) is 22.5 Å². The van der Waals surface area contributed by atoms with Crippen LogP contribution in [0.5, 0.6) is 0 Å². The molecule has 8 heteroatoms. The Labute approximate surface area is 126 Å². The van der Waals surface area contributed by atoms with Crippen molar-refractivity contribution in [2.75, 3.05) is 19.0 Å². The fourth-order valence-electron chi connectivity index (χ4n) is 2.25. The maximum atomic E-state index is 11.7. The number of thiophene rings is 1. The number of carbonyl (C=O) groups is 3. The summed E-state index contributed by atoms with van der Waals surface area (Å²) < 4.78 is 4.70. The lowest BCUT2D eigenvalue weighted by molar-refractivity contribution is -0.115. The summed E-state index contributed by atoms with van der Waals surface area (Å²) in [5.74, 6) is -0.744. The first-order valence-electron chi connectivity index (χ1n) is 6.55. The summed E-state index contributed by atoms with van der Waals surface area (Å²) in [6, 6.07) is 0. The normalized spacial score (nSPS) is 13.5.